The fourth-order valence-corrected chi connectivity index (χ4v) is 2.31. The quantitative estimate of drug-likeness (QED) is 0.724. The molecule has 0 unspecified atom stereocenters. The number of aryl methyl sites for hydroxylation is 1. The van der Waals surface area contributed by atoms with Crippen LogP contribution in [-0.4, -0.2) is 10.8 Å². The molecular weight excluding hydrogens is 334 g/mol. The summed E-state index contributed by atoms with van der Waals surface area (Å²) in [5, 5.41) is 0.964. The van der Waals surface area contributed by atoms with Crippen LogP contribution in [0.25, 0.3) is 10.9 Å². The molecule has 0 bridgehead atoms. The number of halogens is 2. The standard InChI is InChI=1S/C12H9Br2NO/c1-6-9(7(2)16)3-8-4-10(13)11(14)5-12(8)15-6/h3-5H,1-2H3. The Morgan fingerprint density at radius 3 is 2.44 bits per heavy atom. The van der Waals surface area contributed by atoms with Crippen molar-refractivity contribution in [3.8, 4) is 0 Å². The highest BCUT2D eigenvalue weighted by Crippen LogP contribution is 2.28. The van der Waals surface area contributed by atoms with E-state index in [2.05, 4.69) is 36.8 Å². The number of benzene rings is 1. The van der Waals surface area contributed by atoms with Gasteiger partial charge in [-0.15, -0.1) is 0 Å². The Morgan fingerprint density at radius 1 is 1.19 bits per heavy atom. The first-order valence-corrected chi connectivity index (χ1v) is 6.35. The molecule has 1 heterocycles. The van der Waals surface area contributed by atoms with Gasteiger partial charge in [-0.1, -0.05) is 0 Å². The summed E-state index contributed by atoms with van der Waals surface area (Å²) in [6, 6.07) is 5.78. The summed E-state index contributed by atoms with van der Waals surface area (Å²) in [6.45, 7) is 3.41. The SMILES string of the molecule is CC(=O)c1cc2cc(Br)c(Br)cc2nc1C. The zero-order valence-electron chi connectivity index (χ0n) is 8.84. The van der Waals surface area contributed by atoms with Crippen LogP contribution < -0.4 is 0 Å². The molecule has 0 aliphatic rings. The molecule has 2 rings (SSSR count). The van der Waals surface area contributed by atoms with Gasteiger partial charge in [-0.25, -0.2) is 0 Å². The Balaban J connectivity index is 2.79. The Hall–Kier alpha value is -0.740. The lowest BCUT2D eigenvalue weighted by atomic mass is 10.1. The van der Waals surface area contributed by atoms with E-state index in [1.807, 2.05) is 25.1 Å². The van der Waals surface area contributed by atoms with Crippen LogP contribution in [0.3, 0.4) is 0 Å². The van der Waals surface area contributed by atoms with Gasteiger partial charge in [0.1, 0.15) is 0 Å². The second-order valence-corrected chi connectivity index (χ2v) is 5.35. The van der Waals surface area contributed by atoms with E-state index >= 15 is 0 Å². The van der Waals surface area contributed by atoms with Crippen LogP contribution in [0, 0.1) is 6.92 Å². The first-order valence-electron chi connectivity index (χ1n) is 4.76. The number of aromatic nitrogens is 1. The number of nitrogens with zero attached hydrogens (tertiary/aromatic N) is 1. The molecule has 1 aromatic heterocycles. The number of hydrogen-bond donors (Lipinski definition) is 0. The van der Waals surface area contributed by atoms with Crippen LogP contribution in [0.1, 0.15) is 23.0 Å². The number of ketones is 1. The van der Waals surface area contributed by atoms with Crippen LogP contribution in [0.2, 0.25) is 0 Å². The fourth-order valence-electron chi connectivity index (χ4n) is 1.62. The maximum atomic E-state index is 11.4. The average molecular weight is 343 g/mol. The van der Waals surface area contributed by atoms with Crippen molar-refractivity contribution in [2.24, 2.45) is 0 Å². The van der Waals surface area contributed by atoms with Crippen molar-refractivity contribution in [1.29, 1.82) is 0 Å². The summed E-state index contributed by atoms with van der Waals surface area (Å²) in [5.74, 6) is 0.0472. The summed E-state index contributed by atoms with van der Waals surface area (Å²) < 4.78 is 1.92. The third-order valence-electron chi connectivity index (χ3n) is 2.43. The van der Waals surface area contributed by atoms with Gasteiger partial charge in [0.2, 0.25) is 0 Å². The van der Waals surface area contributed by atoms with E-state index in [-0.39, 0.29) is 5.78 Å². The van der Waals surface area contributed by atoms with Gasteiger partial charge in [0.15, 0.2) is 5.78 Å². The Morgan fingerprint density at radius 2 is 1.81 bits per heavy atom. The van der Waals surface area contributed by atoms with E-state index in [9.17, 15) is 4.79 Å². The minimum atomic E-state index is 0.0472. The smallest absolute Gasteiger partial charge is 0.161 e. The van der Waals surface area contributed by atoms with E-state index in [1.54, 1.807) is 6.92 Å². The van der Waals surface area contributed by atoms with Crippen LogP contribution >= 0.6 is 31.9 Å². The van der Waals surface area contributed by atoms with Crippen molar-refractivity contribution in [3.05, 3.63) is 38.4 Å². The Kier molecular flexibility index (Phi) is 3.13. The van der Waals surface area contributed by atoms with Crippen molar-refractivity contribution in [2.45, 2.75) is 13.8 Å². The van der Waals surface area contributed by atoms with Crippen LogP contribution in [0.4, 0.5) is 0 Å². The van der Waals surface area contributed by atoms with E-state index in [1.165, 1.54) is 0 Å². The number of fused-ring (bicyclic) bond motifs is 1. The number of rotatable bonds is 1. The second kappa shape index (κ2) is 4.26. The van der Waals surface area contributed by atoms with E-state index < -0.39 is 0 Å². The third-order valence-corrected chi connectivity index (χ3v) is 4.27. The largest absolute Gasteiger partial charge is 0.294 e. The van der Waals surface area contributed by atoms with E-state index in [0.717, 1.165) is 25.5 Å². The number of carbonyl (C=O) groups is 1. The highest BCUT2D eigenvalue weighted by atomic mass is 79.9. The van der Waals surface area contributed by atoms with Gasteiger partial charge < -0.3 is 0 Å². The molecule has 2 aromatic rings. The van der Waals surface area contributed by atoms with Crippen LogP contribution in [-0.2, 0) is 0 Å². The molecule has 2 nitrogen and oxygen atoms in total. The summed E-state index contributed by atoms with van der Waals surface area (Å²) >= 11 is 6.87. The van der Waals surface area contributed by atoms with Crippen molar-refractivity contribution < 1.29 is 4.79 Å². The molecule has 0 amide bonds. The fraction of sp³-hybridized carbons (Fsp3) is 0.167. The lowest BCUT2D eigenvalue weighted by Gasteiger charge is -2.06. The van der Waals surface area contributed by atoms with Crippen molar-refractivity contribution >= 4 is 48.5 Å². The number of Topliss-reactive ketones (excluding diaryl/α,β-unsaturated/α-hetero) is 1. The Bertz CT molecular complexity index is 593. The highest BCUT2D eigenvalue weighted by Gasteiger charge is 2.08. The van der Waals surface area contributed by atoms with Crippen LogP contribution in [0.5, 0.6) is 0 Å². The zero-order valence-corrected chi connectivity index (χ0v) is 12.0. The maximum absolute atomic E-state index is 11.4. The van der Waals surface area contributed by atoms with Gasteiger partial charge in [-0.05, 0) is 63.9 Å². The first kappa shape index (κ1) is 11.7. The van der Waals surface area contributed by atoms with Gasteiger partial charge >= 0.3 is 0 Å². The van der Waals surface area contributed by atoms with Gasteiger partial charge in [0.25, 0.3) is 0 Å². The summed E-state index contributed by atoms with van der Waals surface area (Å²) in [7, 11) is 0. The molecule has 1 aromatic carbocycles. The monoisotopic (exact) mass is 341 g/mol. The minimum Gasteiger partial charge on any atom is -0.294 e. The summed E-state index contributed by atoms with van der Waals surface area (Å²) in [6.07, 6.45) is 0. The first-order chi connectivity index (χ1) is 7.49. The van der Waals surface area contributed by atoms with Crippen molar-refractivity contribution in [1.82, 2.24) is 4.98 Å². The van der Waals surface area contributed by atoms with Gasteiger partial charge in [0.05, 0.1) is 5.52 Å². The molecule has 82 valence electrons. The molecule has 0 saturated carbocycles. The second-order valence-electron chi connectivity index (χ2n) is 3.64. The molecule has 0 spiro atoms. The zero-order chi connectivity index (χ0) is 11.9. The predicted octanol–water partition coefficient (Wildman–Crippen LogP) is 4.27. The van der Waals surface area contributed by atoms with Gasteiger partial charge in [0, 0.05) is 25.6 Å². The normalized spacial score (nSPS) is 10.8. The molecule has 4 heteroatoms. The van der Waals surface area contributed by atoms with Crippen molar-refractivity contribution in [2.75, 3.05) is 0 Å². The van der Waals surface area contributed by atoms with E-state index in [4.69, 9.17) is 0 Å². The summed E-state index contributed by atoms with van der Waals surface area (Å²) in [4.78, 5) is 15.8. The minimum absolute atomic E-state index is 0.0472. The molecule has 0 aliphatic heterocycles. The number of carbonyl (C=O) groups excluding carboxylic acids is 1. The molecule has 0 saturated heterocycles. The van der Waals surface area contributed by atoms with Gasteiger partial charge in [-0.2, -0.15) is 0 Å². The van der Waals surface area contributed by atoms with Gasteiger partial charge in [-0.3, -0.25) is 9.78 Å². The lowest BCUT2D eigenvalue weighted by Crippen LogP contribution is -1.99. The van der Waals surface area contributed by atoms with Crippen LogP contribution in [0.15, 0.2) is 27.1 Å². The molecule has 0 atom stereocenters. The molecular formula is C12H9Br2NO. The molecule has 0 aliphatic carbocycles. The molecule has 0 fully saturated rings. The Labute approximate surface area is 110 Å². The molecule has 0 radical (unpaired) electrons. The molecule has 16 heavy (non-hydrogen) atoms. The topological polar surface area (TPSA) is 30.0 Å². The number of pyridine rings is 1. The van der Waals surface area contributed by atoms with Crippen molar-refractivity contribution in [3.63, 3.8) is 0 Å². The van der Waals surface area contributed by atoms with E-state index in [0.29, 0.717) is 5.56 Å². The lowest BCUT2D eigenvalue weighted by molar-refractivity contribution is 0.101. The predicted molar refractivity (Wildman–Crippen MR) is 71.9 cm³/mol. The average Bonchev–Trinajstić information content (AvgIpc) is 2.19. The maximum Gasteiger partial charge on any atom is 0.161 e. The number of hydrogen-bond acceptors (Lipinski definition) is 2. The summed E-state index contributed by atoms with van der Waals surface area (Å²) in [5.41, 5.74) is 2.34. The molecule has 0 N–H and O–H groups in total. The third kappa shape index (κ3) is 2.04. The highest BCUT2D eigenvalue weighted by molar-refractivity contribution is 9.13.